The van der Waals surface area contributed by atoms with Gasteiger partial charge in [-0.1, -0.05) is 0 Å². The van der Waals surface area contributed by atoms with E-state index < -0.39 is 0 Å². The fourth-order valence-corrected chi connectivity index (χ4v) is 2.80. The van der Waals surface area contributed by atoms with Gasteiger partial charge in [-0.25, -0.2) is 4.98 Å². The van der Waals surface area contributed by atoms with E-state index in [1.807, 2.05) is 28.7 Å². The van der Waals surface area contributed by atoms with E-state index in [2.05, 4.69) is 4.98 Å². The highest BCUT2D eigenvalue weighted by molar-refractivity contribution is 7.08. The smallest absolute Gasteiger partial charge is 0.237 e. The molecule has 1 amide bonds. The lowest BCUT2D eigenvalue weighted by molar-refractivity contribution is -0.119. The number of hydrogen-bond acceptors (Lipinski definition) is 4. The summed E-state index contributed by atoms with van der Waals surface area (Å²) >= 11 is 1.60. The van der Waals surface area contributed by atoms with E-state index in [1.54, 1.807) is 11.3 Å². The van der Waals surface area contributed by atoms with Crippen molar-refractivity contribution in [2.24, 2.45) is 0 Å². The maximum atomic E-state index is 12.3. The van der Waals surface area contributed by atoms with E-state index in [1.165, 1.54) is 6.39 Å². The second-order valence-corrected chi connectivity index (χ2v) is 4.89. The van der Waals surface area contributed by atoms with Crippen molar-refractivity contribution in [2.75, 3.05) is 11.4 Å². The van der Waals surface area contributed by atoms with E-state index in [-0.39, 0.29) is 11.8 Å². The third-order valence-electron chi connectivity index (χ3n) is 3.09. The van der Waals surface area contributed by atoms with Crippen molar-refractivity contribution >= 4 is 22.9 Å². The lowest BCUT2D eigenvalue weighted by Gasteiger charge is -2.21. The summed E-state index contributed by atoms with van der Waals surface area (Å²) in [5, 5.41) is 3.97. The molecule has 0 aliphatic carbocycles. The van der Waals surface area contributed by atoms with Gasteiger partial charge in [0.25, 0.3) is 0 Å². The standard InChI is InChI=1S/C12H12N2O2S/c1-8-11-10(13-7-16-11)2-4-14(12(8)15)9-3-5-17-6-9/h3,5-8H,2,4H2,1H3. The molecule has 0 bridgehead atoms. The van der Waals surface area contributed by atoms with Crippen molar-refractivity contribution in [3.05, 3.63) is 34.7 Å². The van der Waals surface area contributed by atoms with E-state index >= 15 is 0 Å². The van der Waals surface area contributed by atoms with Crippen LogP contribution < -0.4 is 4.90 Å². The SMILES string of the molecule is CC1C(=O)N(c2ccsc2)CCc2ncoc21. The summed E-state index contributed by atoms with van der Waals surface area (Å²) in [6.07, 6.45) is 2.17. The summed E-state index contributed by atoms with van der Waals surface area (Å²) < 4.78 is 5.33. The molecular formula is C12H12N2O2S. The predicted octanol–water partition coefficient (Wildman–Crippen LogP) is 2.43. The first-order chi connectivity index (χ1) is 8.27. The molecule has 1 aliphatic heterocycles. The average molecular weight is 248 g/mol. The number of amides is 1. The Bertz CT molecular complexity index is 532. The molecule has 4 nitrogen and oxygen atoms in total. The fraction of sp³-hybridized carbons (Fsp3) is 0.333. The third-order valence-corrected chi connectivity index (χ3v) is 3.76. The summed E-state index contributed by atoms with van der Waals surface area (Å²) in [6.45, 7) is 2.54. The molecule has 17 heavy (non-hydrogen) atoms. The number of thiophene rings is 1. The normalized spacial score (nSPS) is 20.2. The van der Waals surface area contributed by atoms with Crippen LogP contribution in [0, 0.1) is 0 Å². The van der Waals surface area contributed by atoms with Crippen molar-refractivity contribution in [3.63, 3.8) is 0 Å². The van der Waals surface area contributed by atoms with Gasteiger partial charge in [-0.3, -0.25) is 4.79 Å². The predicted molar refractivity (Wildman–Crippen MR) is 65.3 cm³/mol. The molecule has 5 heteroatoms. The Labute approximate surface area is 103 Å². The Balaban J connectivity index is 1.97. The zero-order valence-electron chi connectivity index (χ0n) is 9.42. The maximum Gasteiger partial charge on any atom is 0.237 e. The van der Waals surface area contributed by atoms with Crippen LogP contribution >= 0.6 is 11.3 Å². The first kappa shape index (κ1) is 10.5. The van der Waals surface area contributed by atoms with E-state index in [9.17, 15) is 4.79 Å². The molecule has 0 fully saturated rings. The zero-order valence-corrected chi connectivity index (χ0v) is 10.2. The van der Waals surface area contributed by atoms with Gasteiger partial charge in [0.05, 0.1) is 17.3 Å². The van der Waals surface area contributed by atoms with Crippen LogP contribution in [-0.4, -0.2) is 17.4 Å². The van der Waals surface area contributed by atoms with Crippen LogP contribution in [0.3, 0.4) is 0 Å². The summed E-state index contributed by atoms with van der Waals surface area (Å²) in [5.41, 5.74) is 1.88. The zero-order chi connectivity index (χ0) is 11.8. The molecule has 0 saturated heterocycles. The quantitative estimate of drug-likeness (QED) is 0.778. The van der Waals surface area contributed by atoms with E-state index in [4.69, 9.17) is 4.42 Å². The topological polar surface area (TPSA) is 46.3 Å². The fourth-order valence-electron chi connectivity index (χ4n) is 2.16. The molecule has 88 valence electrons. The first-order valence-electron chi connectivity index (χ1n) is 5.53. The van der Waals surface area contributed by atoms with Gasteiger partial charge in [0.1, 0.15) is 5.76 Å². The molecule has 1 aliphatic rings. The van der Waals surface area contributed by atoms with Crippen LogP contribution in [-0.2, 0) is 11.2 Å². The molecule has 3 rings (SSSR count). The molecule has 0 spiro atoms. The van der Waals surface area contributed by atoms with Gasteiger partial charge in [-0.05, 0) is 18.4 Å². The van der Waals surface area contributed by atoms with Crippen LogP contribution in [0.4, 0.5) is 5.69 Å². The van der Waals surface area contributed by atoms with Crippen molar-refractivity contribution in [1.82, 2.24) is 4.98 Å². The molecule has 2 aromatic heterocycles. The summed E-state index contributed by atoms with van der Waals surface area (Å²) in [7, 11) is 0. The molecule has 2 aromatic rings. The Morgan fingerprint density at radius 1 is 1.59 bits per heavy atom. The minimum atomic E-state index is -0.255. The number of fused-ring (bicyclic) bond motifs is 1. The van der Waals surface area contributed by atoms with Crippen LogP contribution in [0.2, 0.25) is 0 Å². The molecule has 0 saturated carbocycles. The molecule has 1 unspecified atom stereocenters. The highest BCUT2D eigenvalue weighted by Crippen LogP contribution is 2.29. The molecular weight excluding hydrogens is 236 g/mol. The number of carbonyl (C=O) groups excluding carboxylic acids is 1. The number of oxazole rings is 1. The number of aromatic nitrogens is 1. The maximum absolute atomic E-state index is 12.3. The minimum Gasteiger partial charge on any atom is -0.447 e. The van der Waals surface area contributed by atoms with Crippen LogP contribution in [0.5, 0.6) is 0 Å². The van der Waals surface area contributed by atoms with Gasteiger partial charge < -0.3 is 9.32 Å². The second kappa shape index (κ2) is 4.00. The Hall–Kier alpha value is -1.62. The Kier molecular flexibility index (Phi) is 2.48. The van der Waals surface area contributed by atoms with Gasteiger partial charge in [0, 0.05) is 18.3 Å². The lowest BCUT2D eigenvalue weighted by atomic mass is 10.1. The largest absolute Gasteiger partial charge is 0.447 e. The molecule has 0 N–H and O–H groups in total. The molecule has 1 atom stereocenters. The van der Waals surface area contributed by atoms with Crippen LogP contribution in [0.25, 0.3) is 0 Å². The number of hydrogen-bond donors (Lipinski definition) is 0. The number of anilines is 1. The van der Waals surface area contributed by atoms with Crippen molar-refractivity contribution in [1.29, 1.82) is 0 Å². The molecule has 0 radical (unpaired) electrons. The lowest BCUT2D eigenvalue weighted by Crippen LogP contribution is -2.33. The monoisotopic (exact) mass is 248 g/mol. The summed E-state index contributed by atoms with van der Waals surface area (Å²) in [4.78, 5) is 18.3. The van der Waals surface area contributed by atoms with Crippen molar-refractivity contribution < 1.29 is 9.21 Å². The highest BCUT2D eigenvalue weighted by Gasteiger charge is 2.31. The van der Waals surface area contributed by atoms with Gasteiger partial charge in [0.2, 0.25) is 5.91 Å². The van der Waals surface area contributed by atoms with Gasteiger partial charge >= 0.3 is 0 Å². The Morgan fingerprint density at radius 3 is 3.24 bits per heavy atom. The Morgan fingerprint density at radius 2 is 2.47 bits per heavy atom. The molecule has 0 aromatic carbocycles. The van der Waals surface area contributed by atoms with Crippen molar-refractivity contribution in [3.8, 4) is 0 Å². The number of nitrogens with zero attached hydrogens (tertiary/aromatic N) is 2. The molecule has 3 heterocycles. The van der Waals surface area contributed by atoms with E-state index in [0.29, 0.717) is 12.3 Å². The highest BCUT2D eigenvalue weighted by atomic mass is 32.1. The number of carbonyl (C=O) groups is 1. The average Bonchev–Trinajstić information content (AvgIpc) is 2.96. The van der Waals surface area contributed by atoms with Gasteiger partial charge in [-0.2, -0.15) is 11.3 Å². The third kappa shape index (κ3) is 1.67. The van der Waals surface area contributed by atoms with Crippen LogP contribution in [0.1, 0.15) is 24.3 Å². The van der Waals surface area contributed by atoms with Crippen molar-refractivity contribution in [2.45, 2.75) is 19.3 Å². The van der Waals surface area contributed by atoms with E-state index in [0.717, 1.165) is 17.8 Å². The summed E-state index contributed by atoms with van der Waals surface area (Å²) in [6, 6.07) is 1.97. The summed E-state index contributed by atoms with van der Waals surface area (Å²) in [5.74, 6) is 0.543. The van der Waals surface area contributed by atoms with Gasteiger partial charge in [0.15, 0.2) is 6.39 Å². The second-order valence-electron chi connectivity index (χ2n) is 4.11. The minimum absolute atomic E-state index is 0.0823. The first-order valence-corrected chi connectivity index (χ1v) is 6.47. The van der Waals surface area contributed by atoms with Gasteiger partial charge in [-0.15, -0.1) is 0 Å². The van der Waals surface area contributed by atoms with Crippen LogP contribution in [0.15, 0.2) is 27.6 Å². The number of rotatable bonds is 1.